The molecule has 1 heterocycles. The standard InChI is InChI=1S/C11H20N4O3/c1-3-17-9(7-12)6-10(16)13-5-4-11-14-8(2)15-18-11/h9H,3-7,12H2,1-2H3,(H,13,16). The number of amides is 1. The van der Waals surface area contributed by atoms with Crippen LogP contribution in [0.3, 0.4) is 0 Å². The molecule has 0 saturated carbocycles. The monoisotopic (exact) mass is 256 g/mol. The maximum Gasteiger partial charge on any atom is 0.228 e. The lowest BCUT2D eigenvalue weighted by molar-refractivity contribution is -0.123. The van der Waals surface area contributed by atoms with Crippen LogP contribution in [-0.4, -0.2) is 41.8 Å². The van der Waals surface area contributed by atoms with Crippen LogP contribution in [0.4, 0.5) is 0 Å². The summed E-state index contributed by atoms with van der Waals surface area (Å²) in [7, 11) is 0. The molecule has 102 valence electrons. The van der Waals surface area contributed by atoms with Crippen molar-refractivity contribution < 1.29 is 14.1 Å². The molecule has 0 radical (unpaired) electrons. The molecule has 0 spiro atoms. The average molecular weight is 256 g/mol. The van der Waals surface area contributed by atoms with Gasteiger partial charge in [-0.2, -0.15) is 4.98 Å². The lowest BCUT2D eigenvalue weighted by Gasteiger charge is -2.14. The van der Waals surface area contributed by atoms with E-state index in [1.54, 1.807) is 6.92 Å². The Labute approximate surface area is 106 Å². The molecular weight excluding hydrogens is 236 g/mol. The Balaban J connectivity index is 2.20. The molecule has 0 aliphatic rings. The smallest absolute Gasteiger partial charge is 0.228 e. The van der Waals surface area contributed by atoms with Crippen LogP contribution in [0.2, 0.25) is 0 Å². The fraction of sp³-hybridized carbons (Fsp3) is 0.727. The summed E-state index contributed by atoms with van der Waals surface area (Å²) >= 11 is 0. The van der Waals surface area contributed by atoms with Crippen molar-refractivity contribution in [3.8, 4) is 0 Å². The number of aromatic nitrogens is 2. The van der Waals surface area contributed by atoms with Gasteiger partial charge in [-0.15, -0.1) is 0 Å². The molecular formula is C11H20N4O3. The van der Waals surface area contributed by atoms with Crippen LogP contribution in [-0.2, 0) is 16.0 Å². The van der Waals surface area contributed by atoms with Gasteiger partial charge in [0.1, 0.15) is 0 Å². The Kier molecular flexibility index (Phi) is 6.31. The first-order valence-corrected chi connectivity index (χ1v) is 6.03. The van der Waals surface area contributed by atoms with E-state index in [9.17, 15) is 4.79 Å². The van der Waals surface area contributed by atoms with Crippen LogP contribution < -0.4 is 11.1 Å². The second kappa shape index (κ2) is 7.78. The van der Waals surface area contributed by atoms with Crippen molar-refractivity contribution in [1.82, 2.24) is 15.5 Å². The number of rotatable bonds is 8. The summed E-state index contributed by atoms with van der Waals surface area (Å²) < 4.78 is 10.2. The van der Waals surface area contributed by atoms with Crippen molar-refractivity contribution >= 4 is 5.91 Å². The summed E-state index contributed by atoms with van der Waals surface area (Å²) in [5.74, 6) is 1.03. The minimum atomic E-state index is -0.222. The van der Waals surface area contributed by atoms with Crippen molar-refractivity contribution in [2.45, 2.75) is 32.8 Å². The maximum atomic E-state index is 11.6. The summed E-state index contributed by atoms with van der Waals surface area (Å²) in [5, 5.41) is 6.43. The van der Waals surface area contributed by atoms with E-state index in [-0.39, 0.29) is 18.4 Å². The van der Waals surface area contributed by atoms with E-state index in [4.69, 9.17) is 15.0 Å². The lowest BCUT2D eigenvalue weighted by atomic mass is 10.2. The fourth-order valence-electron chi connectivity index (χ4n) is 1.48. The molecule has 0 bridgehead atoms. The minimum Gasteiger partial charge on any atom is -0.377 e. The van der Waals surface area contributed by atoms with Crippen LogP contribution in [0.15, 0.2) is 4.52 Å². The highest BCUT2D eigenvalue weighted by molar-refractivity contribution is 5.76. The van der Waals surface area contributed by atoms with Crippen LogP contribution in [0.25, 0.3) is 0 Å². The zero-order valence-electron chi connectivity index (χ0n) is 10.8. The predicted molar refractivity (Wildman–Crippen MR) is 64.8 cm³/mol. The molecule has 7 heteroatoms. The van der Waals surface area contributed by atoms with Gasteiger partial charge in [-0.3, -0.25) is 4.79 Å². The molecule has 1 rings (SSSR count). The largest absolute Gasteiger partial charge is 0.377 e. The zero-order valence-corrected chi connectivity index (χ0v) is 10.8. The number of ether oxygens (including phenoxy) is 1. The molecule has 18 heavy (non-hydrogen) atoms. The minimum absolute atomic E-state index is 0.0878. The van der Waals surface area contributed by atoms with Crippen molar-refractivity contribution in [1.29, 1.82) is 0 Å². The fourth-order valence-corrected chi connectivity index (χ4v) is 1.48. The predicted octanol–water partition coefficient (Wildman–Crippen LogP) is -0.209. The second-order valence-corrected chi connectivity index (χ2v) is 3.85. The Bertz CT molecular complexity index is 367. The van der Waals surface area contributed by atoms with Crippen LogP contribution >= 0.6 is 0 Å². The third-order valence-corrected chi connectivity index (χ3v) is 2.31. The topological polar surface area (TPSA) is 103 Å². The Morgan fingerprint density at radius 2 is 2.39 bits per heavy atom. The van der Waals surface area contributed by atoms with Crippen LogP contribution in [0, 0.1) is 6.92 Å². The molecule has 0 aromatic carbocycles. The van der Waals surface area contributed by atoms with Crippen molar-refractivity contribution in [2.24, 2.45) is 5.73 Å². The third kappa shape index (κ3) is 5.24. The highest BCUT2D eigenvalue weighted by atomic mass is 16.5. The van der Waals surface area contributed by atoms with Gasteiger partial charge in [0.05, 0.1) is 12.5 Å². The van der Waals surface area contributed by atoms with E-state index < -0.39 is 0 Å². The normalized spacial score (nSPS) is 12.4. The summed E-state index contributed by atoms with van der Waals surface area (Å²) in [6.45, 7) is 4.97. The highest BCUT2D eigenvalue weighted by Gasteiger charge is 2.12. The number of aryl methyl sites for hydroxylation is 1. The van der Waals surface area contributed by atoms with E-state index >= 15 is 0 Å². The SMILES string of the molecule is CCOC(CN)CC(=O)NCCc1nc(C)no1. The Morgan fingerprint density at radius 1 is 1.61 bits per heavy atom. The van der Waals surface area contributed by atoms with Crippen molar-refractivity contribution in [3.05, 3.63) is 11.7 Å². The molecule has 1 aromatic heterocycles. The number of nitrogens with one attached hydrogen (secondary N) is 1. The van der Waals surface area contributed by atoms with Gasteiger partial charge >= 0.3 is 0 Å². The van der Waals surface area contributed by atoms with E-state index in [1.807, 2.05) is 6.92 Å². The summed E-state index contributed by atoms with van der Waals surface area (Å²) in [6.07, 6.45) is 0.572. The molecule has 0 saturated heterocycles. The first-order chi connectivity index (χ1) is 8.65. The Morgan fingerprint density at radius 3 is 2.94 bits per heavy atom. The lowest BCUT2D eigenvalue weighted by Crippen LogP contribution is -2.33. The number of nitrogens with zero attached hydrogens (tertiary/aromatic N) is 2. The maximum absolute atomic E-state index is 11.6. The van der Waals surface area contributed by atoms with Gasteiger partial charge in [0.25, 0.3) is 0 Å². The Hall–Kier alpha value is -1.47. The molecule has 7 nitrogen and oxygen atoms in total. The van der Waals surface area contributed by atoms with Gasteiger partial charge in [-0.05, 0) is 13.8 Å². The first kappa shape index (κ1) is 14.6. The van der Waals surface area contributed by atoms with Crippen molar-refractivity contribution in [2.75, 3.05) is 19.7 Å². The number of hydrogen-bond donors (Lipinski definition) is 2. The molecule has 1 aromatic rings. The molecule has 0 aliphatic heterocycles. The zero-order chi connectivity index (χ0) is 13.4. The molecule has 1 amide bonds. The van der Waals surface area contributed by atoms with E-state index in [0.29, 0.717) is 37.8 Å². The summed E-state index contributed by atoms with van der Waals surface area (Å²) in [5.41, 5.74) is 5.49. The van der Waals surface area contributed by atoms with Crippen molar-refractivity contribution in [3.63, 3.8) is 0 Å². The van der Waals surface area contributed by atoms with Gasteiger partial charge < -0.3 is 20.3 Å². The van der Waals surface area contributed by atoms with Crippen LogP contribution in [0.5, 0.6) is 0 Å². The second-order valence-electron chi connectivity index (χ2n) is 3.85. The number of nitrogens with two attached hydrogens (primary N) is 1. The van der Waals surface area contributed by atoms with E-state index in [2.05, 4.69) is 15.5 Å². The molecule has 1 unspecified atom stereocenters. The molecule has 3 N–H and O–H groups in total. The molecule has 0 aliphatic carbocycles. The number of carbonyl (C=O) groups excluding carboxylic acids is 1. The highest BCUT2D eigenvalue weighted by Crippen LogP contribution is 1.98. The average Bonchev–Trinajstić information content (AvgIpc) is 2.74. The van der Waals surface area contributed by atoms with Gasteiger partial charge in [-0.1, -0.05) is 5.16 Å². The number of hydrogen-bond acceptors (Lipinski definition) is 6. The van der Waals surface area contributed by atoms with Gasteiger partial charge in [0.15, 0.2) is 5.82 Å². The molecule has 0 fully saturated rings. The van der Waals surface area contributed by atoms with Gasteiger partial charge in [0.2, 0.25) is 11.8 Å². The summed E-state index contributed by atoms with van der Waals surface area (Å²) in [4.78, 5) is 15.6. The van der Waals surface area contributed by atoms with Gasteiger partial charge in [-0.25, -0.2) is 0 Å². The van der Waals surface area contributed by atoms with E-state index in [1.165, 1.54) is 0 Å². The summed E-state index contributed by atoms with van der Waals surface area (Å²) in [6, 6.07) is 0. The first-order valence-electron chi connectivity index (χ1n) is 6.03. The molecule has 1 atom stereocenters. The third-order valence-electron chi connectivity index (χ3n) is 2.31. The van der Waals surface area contributed by atoms with Gasteiger partial charge in [0, 0.05) is 26.1 Å². The van der Waals surface area contributed by atoms with E-state index in [0.717, 1.165) is 0 Å². The quantitative estimate of drug-likeness (QED) is 0.667. The van der Waals surface area contributed by atoms with Crippen LogP contribution in [0.1, 0.15) is 25.1 Å². The number of carbonyl (C=O) groups is 1.